The third-order valence-corrected chi connectivity index (χ3v) is 4.02. The molecule has 0 aromatic carbocycles. The summed E-state index contributed by atoms with van der Waals surface area (Å²) in [5.74, 6) is 0.125. The fraction of sp³-hybridized carbons (Fsp3) is 0.667. The summed E-state index contributed by atoms with van der Waals surface area (Å²) in [6.07, 6.45) is 6.12. The van der Waals surface area contributed by atoms with E-state index in [1.54, 1.807) is 12.2 Å². The van der Waals surface area contributed by atoms with Crippen molar-refractivity contribution in [1.29, 1.82) is 0 Å². The number of Topliss-reactive ketones (excluding diaryl/α,β-unsaturated/α-hetero) is 1. The van der Waals surface area contributed by atoms with Gasteiger partial charge in [-0.05, 0) is 12.8 Å². The zero-order chi connectivity index (χ0) is 14.0. The molecule has 0 saturated heterocycles. The molecule has 1 aliphatic rings. The molecule has 0 bridgehead atoms. The minimum atomic E-state index is -0.981. The molecule has 0 amide bonds. The first kappa shape index (κ1) is 15.1. The lowest BCUT2D eigenvalue weighted by Gasteiger charge is -2.48. The van der Waals surface area contributed by atoms with Crippen LogP contribution in [0.4, 0.5) is 0 Å². The van der Waals surface area contributed by atoms with Crippen molar-refractivity contribution >= 4 is 5.78 Å². The Kier molecular flexibility index (Phi) is 4.51. The van der Waals surface area contributed by atoms with Crippen molar-refractivity contribution < 1.29 is 15.0 Å². The molecule has 1 saturated carbocycles. The highest BCUT2D eigenvalue weighted by Crippen LogP contribution is 2.46. The van der Waals surface area contributed by atoms with Crippen molar-refractivity contribution in [2.75, 3.05) is 6.61 Å². The minimum Gasteiger partial charge on any atom is -0.392 e. The summed E-state index contributed by atoms with van der Waals surface area (Å²) in [5.41, 5.74) is -0.533. The number of carbonyl (C=O) groups excluding carboxylic acids is 1. The summed E-state index contributed by atoms with van der Waals surface area (Å²) in [5, 5.41) is 19.7. The van der Waals surface area contributed by atoms with Gasteiger partial charge in [0.1, 0.15) is 5.78 Å². The highest BCUT2D eigenvalue weighted by Gasteiger charge is 2.50. The quantitative estimate of drug-likeness (QED) is 0.757. The van der Waals surface area contributed by atoms with Crippen LogP contribution in [0.3, 0.4) is 0 Å². The molecular weight excluding hydrogens is 228 g/mol. The van der Waals surface area contributed by atoms with Crippen molar-refractivity contribution in [3.63, 3.8) is 0 Å². The third-order valence-electron chi connectivity index (χ3n) is 4.02. The van der Waals surface area contributed by atoms with E-state index >= 15 is 0 Å². The molecule has 3 heteroatoms. The van der Waals surface area contributed by atoms with E-state index in [1.807, 2.05) is 33.8 Å². The average Bonchev–Trinajstić information content (AvgIpc) is 2.23. The van der Waals surface area contributed by atoms with Gasteiger partial charge in [-0.1, -0.05) is 44.6 Å². The van der Waals surface area contributed by atoms with Gasteiger partial charge in [0.05, 0.1) is 12.2 Å². The Morgan fingerprint density at radius 2 is 2.11 bits per heavy atom. The molecule has 1 fully saturated rings. The van der Waals surface area contributed by atoms with Gasteiger partial charge in [0.15, 0.2) is 0 Å². The Hall–Kier alpha value is -0.930. The van der Waals surface area contributed by atoms with E-state index < -0.39 is 11.0 Å². The van der Waals surface area contributed by atoms with Gasteiger partial charge in [0.2, 0.25) is 0 Å². The molecule has 0 spiro atoms. The van der Waals surface area contributed by atoms with E-state index in [2.05, 4.69) is 0 Å². The summed E-state index contributed by atoms with van der Waals surface area (Å²) < 4.78 is 0. The largest absolute Gasteiger partial charge is 0.392 e. The van der Waals surface area contributed by atoms with Crippen molar-refractivity contribution in [2.24, 2.45) is 11.3 Å². The number of rotatable bonds is 3. The molecule has 3 nitrogen and oxygen atoms in total. The van der Waals surface area contributed by atoms with E-state index in [9.17, 15) is 9.90 Å². The standard InChI is InChI=1S/C15H24O3/c1-11(6-8-16)5-7-15(18)12(2)9-13(17)10-14(15,3)4/h5-7,12,16,18H,8-10H2,1-4H3/b7-5+,11-6+/t12-,15+/m1/s1. The number of hydrogen-bond acceptors (Lipinski definition) is 3. The van der Waals surface area contributed by atoms with Gasteiger partial charge in [-0.2, -0.15) is 0 Å². The van der Waals surface area contributed by atoms with Crippen molar-refractivity contribution in [3.8, 4) is 0 Å². The van der Waals surface area contributed by atoms with Crippen LogP contribution in [0.1, 0.15) is 40.5 Å². The van der Waals surface area contributed by atoms with Crippen molar-refractivity contribution in [2.45, 2.75) is 46.1 Å². The maximum atomic E-state index is 11.6. The molecule has 1 rings (SSSR count). The van der Waals surface area contributed by atoms with E-state index in [0.717, 1.165) is 5.57 Å². The summed E-state index contributed by atoms with van der Waals surface area (Å²) in [6.45, 7) is 7.63. The smallest absolute Gasteiger partial charge is 0.133 e. The second-order valence-corrected chi connectivity index (χ2v) is 5.99. The average molecular weight is 252 g/mol. The molecule has 2 N–H and O–H groups in total. The van der Waals surface area contributed by atoms with E-state index in [1.165, 1.54) is 0 Å². The number of allylic oxidation sites excluding steroid dienone is 2. The monoisotopic (exact) mass is 252 g/mol. The fourth-order valence-corrected chi connectivity index (χ4v) is 2.73. The number of aliphatic hydroxyl groups excluding tert-OH is 1. The number of aliphatic hydroxyl groups is 2. The number of hydrogen-bond donors (Lipinski definition) is 2. The lowest BCUT2D eigenvalue weighted by molar-refractivity contribution is -0.142. The zero-order valence-corrected chi connectivity index (χ0v) is 11.7. The molecular formula is C15H24O3. The van der Waals surface area contributed by atoms with Gasteiger partial charge in [0.25, 0.3) is 0 Å². The number of carbonyl (C=O) groups is 1. The van der Waals surface area contributed by atoms with E-state index in [4.69, 9.17) is 5.11 Å². The maximum absolute atomic E-state index is 11.6. The summed E-state index contributed by atoms with van der Waals surface area (Å²) in [6, 6.07) is 0. The summed E-state index contributed by atoms with van der Waals surface area (Å²) in [4.78, 5) is 11.6. The SMILES string of the molecule is CC(/C=C/[C@]1(O)[C@H](C)CC(=O)CC1(C)C)=C\CO. The van der Waals surface area contributed by atoms with Crippen LogP contribution < -0.4 is 0 Å². The highest BCUT2D eigenvalue weighted by molar-refractivity contribution is 5.81. The van der Waals surface area contributed by atoms with Crippen LogP contribution in [-0.2, 0) is 4.79 Å². The van der Waals surface area contributed by atoms with Crippen LogP contribution in [0.5, 0.6) is 0 Å². The molecule has 0 aromatic rings. The molecule has 2 atom stereocenters. The Morgan fingerprint density at radius 3 is 2.61 bits per heavy atom. The highest BCUT2D eigenvalue weighted by atomic mass is 16.3. The van der Waals surface area contributed by atoms with Crippen molar-refractivity contribution in [1.82, 2.24) is 0 Å². The predicted molar refractivity (Wildman–Crippen MR) is 72.1 cm³/mol. The van der Waals surface area contributed by atoms with Crippen LogP contribution >= 0.6 is 0 Å². The lowest BCUT2D eigenvalue weighted by atomic mass is 9.60. The molecule has 1 aliphatic carbocycles. The van der Waals surface area contributed by atoms with Crippen LogP contribution in [0, 0.1) is 11.3 Å². The first-order chi connectivity index (χ1) is 8.23. The molecule has 18 heavy (non-hydrogen) atoms. The Labute approximate surface area is 109 Å². The Morgan fingerprint density at radius 1 is 1.50 bits per heavy atom. The molecule has 0 heterocycles. The Bertz CT molecular complexity index is 379. The minimum absolute atomic E-state index is 0.00790. The third kappa shape index (κ3) is 2.90. The predicted octanol–water partition coefficient (Wildman–Crippen LogP) is 2.24. The van der Waals surface area contributed by atoms with Crippen LogP contribution in [0.25, 0.3) is 0 Å². The molecule has 0 radical (unpaired) electrons. The van der Waals surface area contributed by atoms with Gasteiger partial charge in [-0.25, -0.2) is 0 Å². The van der Waals surface area contributed by atoms with Gasteiger partial charge in [-0.3, -0.25) is 4.79 Å². The maximum Gasteiger partial charge on any atom is 0.133 e. The molecule has 102 valence electrons. The Balaban J connectivity index is 3.01. The van der Waals surface area contributed by atoms with Gasteiger partial charge in [0, 0.05) is 18.3 Å². The summed E-state index contributed by atoms with van der Waals surface area (Å²) >= 11 is 0. The van der Waals surface area contributed by atoms with Crippen LogP contribution in [0.2, 0.25) is 0 Å². The van der Waals surface area contributed by atoms with E-state index in [-0.39, 0.29) is 18.3 Å². The molecule has 0 aromatic heterocycles. The second kappa shape index (κ2) is 5.37. The zero-order valence-electron chi connectivity index (χ0n) is 11.7. The lowest BCUT2D eigenvalue weighted by Crippen LogP contribution is -2.53. The number of ketones is 1. The summed E-state index contributed by atoms with van der Waals surface area (Å²) in [7, 11) is 0. The van der Waals surface area contributed by atoms with Gasteiger partial charge >= 0.3 is 0 Å². The van der Waals surface area contributed by atoms with Crippen LogP contribution in [-0.4, -0.2) is 28.2 Å². The first-order valence-electron chi connectivity index (χ1n) is 6.44. The van der Waals surface area contributed by atoms with Crippen molar-refractivity contribution in [3.05, 3.63) is 23.8 Å². The second-order valence-electron chi connectivity index (χ2n) is 5.99. The first-order valence-corrected chi connectivity index (χ1v) is 6.44. The van der Waals surface area contributed by atoms with Gasteiger partial charge < -0.3 is 10.2 Å². The fourth-order valence-electron chi connectivity index (χ4n) is 2.73. The molecule has 0 aliphatic heterocycles. The van der Waals surface area contributed by atoms with Gasteiger partial charge in [-0.15, -0.1) is 0 Å². The topological polar surface area (TPSA) is 57.5 Å². The normalized spacial score (nSPS) is 33.1. The molecule has 0 unspecified atom stereocenters. The van der Waals surface area contributed by atoms with Crippen LogP contribution in [0.15, 0.2) is 23.8 Å². The van der Waals surface area contributed by atoms with E-state index in [0.29, 0.717) is 12.8 Å².